The molecule has 0 spiro atoms. The molecule has 2 radical (unpaired) electrons. The Hall–Kier alpha value is 0.217. The minimum Gasteiger partial charge on any atom is -0.0733 e. The highest BCUT2D eigenvalue weighted by Crippen LogP contribution is 1.90. The molecule has 0 aromatic carbocycles. The van der Waals surface area contributed by atoms with Crippen molar-refractivity contribution in [1.29, 1.82) is 0 Å². The van der Waals surface area contributed by atoms with Crippen LogP contribution in [0.15, 0.2) is 0 Å². The summed E-state index contributed by atoms with van der Waals surface area (Å²) < 4.78 is 0. The lowest BCUT2D eigenvalue weighted by molar-refractivity contribution is 0.880. The van der Waals surface area contributed by atoms with Crippen molar-refractivity contribution < 1.29 is 0 Å². The van der Waals surface area contributed by atoms with Crippen molar-refractivity contribution in [3.63, 3.8) is 0 Å². The van der Waals surface area contributed by atoms with E-state index in [0.717, 1.165) is 9.52 Å². The van der Waals surface area contributed by atoms with Crippen LogP contribution in [0.3, 0.4) is 0 Å². The molecule has 0 unspecified atom stereocenters. The summed E-state index contributed by atoms with van der Waals surface area (Å²) >= 11 is 0. The zero-order valence-corrected chi connectivity index (χ0v) is 5.62. The predicted molar refractivity (Wildman–Crippen MR) is 31.3 cm³/mol. The molecule has 0 aliphatic rings. The van der Waals surface area contributed by atoms with Crippen molar-refractivity contribution in [3.8, 4) is 0 Å². The van der Waals surface area contributed by atoms with Gasteiger partial charge in [-0.05, 0) is 0 Å². The van der Waals surface area contributed by atoms with E-state index in [-0.39, 0.29) is 0 Å². The topological polar surface area (TPSA) is 0 Å². The zero-order chi connectivity index (χ0) is 4.83. The molecule has 0 aromatic heterocycles. The minimum absolute atomic E-state index is 1.16. The van der Waals surface area contributed by atoms with Crippen LogP contribution in [0.4, 0.5) is 0 Å². The van der Waals surface area contributed by atoms with Gasteiger partial charge in [0.25, 0.3) is 0 Å². The third-order valence-electron chi connectivity index (χ3n) is 0.780. The molecule has 0 fully saturated rings. The van der Waals surface area contributed by atoms with Gasteiger partial charge in [-0.2, -0.15) is 0 Å². The molecule has 6 heavy (non-hydrogen) atoms. The molecule has 0 aliphatic heterocycles. The summed E-state index contributed by atoms with van der Waals surface area (Å²) in [5.74, 6) is 0. The van der Waals surface area contributed by atoms with Crippen LogP contribution in [0.5, 0.6) is 0 Å². The lowest BCUT2D eigenvalue weighted by atomic mass is 10.4. The number of hydrogen-bond acceptors (Lipinski definition) is 0. The summed E-state index contributed by atoms with van der Waals surface area (Å²) in [7, 11) is 1.16. The summed E-state index contributed by atoms with van der Waals surface area (Å²) in [6, 6.07) is 1.44. The highest BCUT2D eigenvalue weighted by atomic mass is 28.2. The van der Waals surface area contributed by atoms with Crippen LogP contribution >= 0.6 is 0 Å². The molecule has 0 atom stereocenters. The maximum atomic E-state index is 2.26. The molecule has 0 aliphatic carbocycles. The van der Waals surface area contributed by atoms with Gasteiger partial charge in [0.1, 0.15) is 0 Å². The van der Waals surface area contributed by atoms with Crippen LogP contribution in [0.2, 0.25) is 12.6 Å². The molecular weight excluding hydrogens is 88.1 g/mol. The largest absolute Gasteiger partial charge is 0.0733 e. The van der Waals surface area contributed by atoms with Gasteiger partial charge in [0, 0.05) is 9.52 Å². The second-order valence-electron chi connectivity index (χ2n) is 1.46. The second kappa shape index (κ2) is 5.22. The Labute approximate surface area is 42.8 Å². The molecule has 0 saturated heterocycles. The van der Waals surface area contributed by atoms with Crippen LogP contribution in [-0.2, 0) is 0 Å². The third kappa shape index (κ3) is 4.22. The molecule has 1 heteroatoms. The Morgan fingerprint density at radius 1 is 1.50 bits per heavy atom. The zero-order valence-electron chi connectivity index (χ0n) is 4.62. The second-order valence-corrected chi connectivity index (χ2v) is 2.66. The summed E-state index contributed by atoms with van der Waals surface area (Å²) in [4.78, 5) is 0. The fraction of sp³-hybridized carbons (Fsp3) is 1.00. The molecular formula is C5H12Si. The number of hydrogen-bond donors (Lipinski definition) is 0. The Kier molecular flexibility index (Phi) is 5.41. The Balaban J connectivity index is 2.34. The van der Waals surface area contributed by atoms with E-state index in [1.807, 2.05) is 0 Å². The SMILES string of the molecule is CCCC[Si]C. The molecule has 36 valence electrons. The van der Waals surface area contributed by atoms with E-state index in [4.69, 9.17) is 0 Å². The molecule has 0 heterocycles. The van der Waals surface area contributed by atoms with E-state index in [1.165, 1.54) is 18.9 Å². The van der Waals surface area contributed by atoms with Crippen molar-refractivity contribution in [2.75, 3.05) is 0 Å². The summed E-state index contributed by atoms with van der Waals surface area (Å²) in [6.45, 7) is 4.50. The lowest BCUT2D eigenvalue weighted by Crippen LogP contribution is -1.76. The summed E-state index contributed by atoms with van der Waals surface area (Å²) in [5.41, 5.74) is 0. The van der Waals surface area contributed by atoms with Crippen molar-refractivity contribution in [2.24, 2.45) is 0 Å². The number of unbranched alkanes of at least 4 members (excludes halogenated alkanes) is 1. The Morgan fingerprint density at radius 3 is 2.33 bits per heavy atom. The highest BCUT2D eigenvalue weighted by molar-refractivity contribution is 6.33. The first kappa shape index (κ1) is 6.22. The maximum absolute atomic E-state index is 2.26. The molecule has 0 saturated carbocycles. The fourth-order valence-electron chi connectivity index (χ4n) is 0.354. The van der Waals surface area contributed by atoms with Crippen LogP contribution in [0.25, 0.3) is 0 Å². The van der Waals surface area contributed by atoms with E-state index in [9.17, 15) is 0 Å². The van der Waals surface area contributed by atoms with Gasteiger partial charge >= 0.3 is 0 Å². The van der Waals surface area contributed by atoms with Crippen molar-refractivity contribution in [3.05, 3.63) is 0 Å². The van der Waals surface area contributed by atoms with E-state index < -0.39 is 0 Å². The Morgan fingerprint density at radius 2 is 2.17 bits per heavy atom. The van der Waals surface area contributed by atoms with Gasteiger partial charge in [0.2, 0.25) is 0 Å². The molecule has 0 bridgehead atoms. The van der Waals surface area contributed by atoms with Crippen molar-refractivity contribution in [1.82, 2.24) is 0 Å². The first-order chi connectivity index (χ1) is 2.91. The van der Waals surface area contributed by atoms with Gasteiger partial charge in [0.05, 0.1) is 0 Å². The number of rotatable bonds is 3. The van der Waals surface area contributed by atoms with Gasteiger partial charge in [0.15, 0.2) is 0 Å². The predicted octanol–water partition coefficient (Wildman–Crippen LogP) is 1.96. The van der Waals surface area contributed by atoms with E-state index >= 15 is 0 Å². The van der Waals surface area contributed by atoms with Crippen LogP contribution in [-0.4, -0.2) is 9.52 Å². The molecule has 0 nitrogen and oxygen atoms in total. The van der Waals surface area contributed by atoms with Gasteiger partial charge in [-0.1, -0.05) is 32.4 Å². The first-order valence-corrected chi connectivity index (χ1v) is 4.27. The molecule has 0 N–H and O–H groups in total. The summed E-state index contributed by atoms with van der Waals surface area (Å²) in [6.07, 6.45) is 2.79. The standard InChI is InChI=1S/C5H12Si/c1-3-4-5-6-2/h3-5H2,1-2H3. The van der Waals surface area contributed by atoms with Crippen molar-refractivity contribution in [2.45, 2.75) is 32.4 Å². The first-order valence-electron chi connectivity index (χ1n) is 2.56. The lowest BCUT2D eigenvalue weighted by Gasteiger charge is -1.85. The van der Waals surface area contributed by atoms with Gasteiger partial charge in [-0.15, -0.1) is 0 Å². The Bertz CT molecular complexity index is 15.9. The summed E-state index contributed by atoms with van der Waals surface area (Å²) in [5, 5.41) is 0. The third-order valence-corrected chi connectivity index (χ3v) is 1.63. The maximum Gasteiger partial charge on any atom is 0.0342 e. The molecule has 0 amide bonds. The molecule has 0 rings (SSSR count). The van der Waals surface area contributed by atoms with Gasteiger partial charge in [-0.25, -0.2) is 0 Å². The molecule has 0 aromatic rings. The average molecular weight is 100 g/mol. The van der Waals surface area contributed by atoms with Crippen LogP contribution in [0, 0.1) is 0 Å². The quantitative estimate of drug-likeness (QED) is 0.375. The van der Waals surface area contributed by atoms with E-state index in [1.54, 1.807) is 0 Å². The van der Waals surface area contributed by atoms with Crippen LogP contribution in [0.1, 0.15) is 19.8 Å². The van der Waals surface area contributed by atoms with E-state index in [2.05, 4.69) is 13.5 Å². The normalized spacial score (nSPS) is 9.00. The smallest absolute Gasteiger partial charge is 0.0342 e. The van der Waals surface area contributed by atoms with Gasteiger partial charge in [-0.3, -0.25) is 0 Å². The highest BCUT2D eigenvalue weighted by Gasteiger charge is 1.76. The van der Waals surface area contributed by atoms with Gasteiger partial charge < -0.3 is 0 Å². The minimum atomic E-state index is 1.16. The van der Waals surface area contributed by atoms with E-state index in [0.29, 0.717) is 0 Å². The van der Waals surface area contributed by atoms with Crippen molar-refractivity contribution >= 4 is 9.52 Å². The monoisotopic (exact) mass is 100 g/mol. The average Bonchev–Trinajstić information content (AvgIpc) is 1.61. The van der Waals surface area contributed by atoms with Crippen LogP contribution < -0.4 is 0 Å². The fourth-order valence-corrected chi connectivity index (χ4v) is 1.06.